The Morgan fingerprint density at radius 2 is 1.16 bits per heavy atom. The number of hydrogen-bond donors (Lipinski definition) is 0. The summed E-state index contributed by atoms with van der Waals surface area (Å²) in [4.78, 5) is 26.4. The van der Waals surface area contributed by atoms with Gasteiger partial charge in [0.05, 0.1) is 22.5 Å². The number of halogens is 4. The van der Waals surface area contributed by atoms with Gasteiger partial charge in [-0.3, -0.25) is 9.59 Å². The summed E-state index contributed by atoms with van der Waals surface area (Å²) in [5.41, 5.74) is 3.43. The number of hydrogen-bond acceptors (Lipinski definition) is 2. The standard InChI is InChI=1S/C24H13BrCl3NO2/c25-12-9-10-18(17(26)11-12)29-21(30)19-20(22(29)31)24(28)14-6-2-1-5-13(14)23(19,27)15-7-3-4-8-16(15)24/h1-11,19-20H/t19-,20-,23?,24?/m0/s1. The van der Waals surface area contributed by atoms with Crippen molar-refractivity contribution >= 4 is 68.2 Å². The zero-order chi connectivity index (χ0) is 21.7. The maximum atomic E-state index is 13.8. The minimum atomic E-state index is -1.20. The molecule has 0 radical (unpaired) electrons. The average Bonchev–Trinajstić information content (AvgIpc) is 3.04. The van der Waals surface area contributed by atoms with E-state index in [4.69, 9.17) is 34.8 Å². The van der Waals surface area contributed by atoms with Crippen LogP contribution >= 0.6 is 50.7 Å². The van der Waals surface area contributed by atoms with E-state index < -0.39 is 21.6 Å². The lowest BCUT2D eigenvalue weighted by atomic mass is 9.54. The van der Waals surface area contributed by atoms with Crippen LogP contribution in [0.1, 0.15) is 22.3 Å². The Hall–Kier alpha value is -1.85. The van der Waals surface area contributed by atoms with E-state index in [-0.39, 0.29) is 11.8 Å². The second-order valence-electron chi connectivity index (χ2n) is 8.08. The molecule has 3 aromatic rings. The van der Waals surface area contributed by atoms with Crippen molar-refractivity contribution in [2.45, 2.75) is 9.75 Å². The van der Waals surface area contributed by atoms with Gasteiger partial charge < -0.3 is 0 Å². The lowest BCUT2D eigenvalue weighted by Crippen LogP contribution is -2.57. The first-order chi connectivity index (χ1) is 14.8. The fraction of sp³-hybridized carbons (Fsp3) is 0.167. The second kappa shape index (κ2) is 6.35. The van der Waals surface area contributed by atoms with Gasteiger partial charge in [0.25, 0.3) is 0 Å². The molecule has 154 valence electrons. The fourth-order valence-electron chi connectivity index (χ4n) is 5.57. The van der Waals surface area contributed by atoms with Gasteiger partial charge in [-0.25, -0.2) is 4.90 Å². The number of nitrogens with zero attached hydrogens (tertiary/aromatic N) is 1. The molecular weight excluding hydrogens is 521 g/mol. The molecule has 1 heterocycles. The van der Waals surface area contributed by atoms with Gasteiger partial charge in [-0.2, -0.15) is 0 Å². The SMILES string of the molecule is O=C1[C@@H]2[C@@H](C(=O)N1c1ccc(Br)cc1Cl)C1(Cl)c3ccccc3C2(Cl)c2ccccc21. The number of carbonyl (C=O) groups is 2. The van der Waals surface area contributed by atoms with Crippen molar-refractivity contribution in [3.63, 3.8) is 0 Å². The number of imide groups is 1. The molecule has 1 fully saturated rings. The molecule has 7 rings (SSSR count). The zero-order valence-corrected chi connectivity index (χ0v) is 19.6. The van der Waals surface area contributed by atoms with Crippen molar-refractivity contribution in [2.75, 3.05) is 4.90 Å². The molecule has 3 aromatic carbocycles. The van der Waals surface area contributed by atoms with Gasteiger partial charge >= 0.3 is 0 Å². The van der Waals surface area contributed by atoms with E-state index in [1.807, 2.05) is 48.5 Å². The highest BCUT2D eigenvalue weighted by Crippen LogP contribution is 2.69. The summed E-state index contributed by atoms with van der Waals surface area (Å²) in [5.74, 6) is -2.46. The molecule has 7 heteroatoms. The van der Waals surface area contributed by atoms with Gasteiger partial charge in [0.1, 0.15) is 9.75 Å². The lowest BCUT2D eigenvalue weighted by Gasteiger charge is -2.54. The first-order valence-electron chi connectivity index (χ1n) is 9.72. The molecule has 0 unspecified atom stereocenters. The molecule has 1 aliphatic heterocycles. The largest absolute Gasteiger partial charge is 0.274 e. The summed E-state index contributed by atoms with van der Waals surface area (Å²) in [6.07, 6.45) is 0. The molecule has 3 aliphatic carbocycles. The first kappa shape index (κ1) is 19.8. The zero-order valence-electron chi connectivity index (χ0n) is 15.8. The third kappa shape index (κ3) is 2.22. The highest BCUT2D eigenvalue weighted by Gasteiger charge is 2.73. The highest BCUT2D eigenvalue weighted by molar-refractivity contribution is 9.10. The summed E-state index contributed by atoms with van der Waals surface area (Å²) < 4.78 is 0.750. The van der Waals surface area contributed by atoms with E-state index in [1.165, 1.54) is 0 Å². The number of carbonyl (C=O) groups excluding carboxylic acids is 2. The molecule has 0 saturated carbocycles. The van der Waals surface area contributed by atoms with Crippen LogP contribution in [-0.4, -0.2) is 11.8 Å². The van der Waals surface area contributed by atoms with Crippen molar-refractivity contribution in [1.29, 1.82) is 0 Å². The van der Waals surface area contributed by atoms with E-state index in [9.17, 15) is 9.59 Å². The van der Waals surface area contributed by atoms with Gasteiger partial charge in [0, 0.05) is 4.47 Å². The molecule has 2 atom stereocenters. The smallest absolute Gasteiger partial charge is 0.240 e. The minimum Gasteiger partial charge on any atom is -0.274 e. The van der Waals surface area contributed by atoms with Crippen LogP contribution in [0.5, 0.6) is 0 Å². The molecule has 31 heavy (non-hydrogen) atoms. The van der Waals surface area contributed by atoms with Gasteiger partial charge in [0.15, 0.2) is 0 Å². The fourth-order valence-corrected chi connectivity index (χ4v) is 7.42. The Morgan fingerprint density at radius 3 is 1.55 bits per heavy atom. The Balaban J connectivity index is 1.66. The summed E-state index contributed by atoms with van der Waals surface area (Å²) in [6, 6.07) is 20.2. The third-order valence-electron chi connectivity index (χ3n) is 6.74. The summed E-state index contributed by atoms with van der Waals surface area (Å²) in [6.45, 7) is 0. The third-order valence-corrected chi connectivity index (χ3v) is 8.82. The Bertz CT molecular complexity index is 1200. The first-order valence-corrected chi connectivity index (χ1v) is 11.6. The number of benzene rings is 3. The maximum Gasteiger partial charge on any atom is 0.240 e. The van der Waals surface area contributed by atoms with E-state index in [2.05, 4.69) is 15.9 Å². The second-order valence-corrected chi connectivity index (χ2v) is 10.6. The van der Waals surface area contributed by atoms with Gasteiger partial charge in [0.2, 0.25) is 11.8 Å². The summed E-state index contributed by atoms with van der Waals surface area (Å²) >= 11 is 24.6. The van der Waals surface area contributed by atoms with Crippen LogP contribution < -0.4 is 4.90 Å². The molecule has 3 nitrogen and oxygen atoms in total. The molecule has 2 amide bonds. The van der Waals surface area contributed by atoms with Gasteiger partial charge in [-0.15, -0.1) is 23.2 Å². The minimum absolute atomic E-state index is 0.296. The van der Waals surface area contributed by atoms with Gasteiger partial charge in [-0.05, 0) is 40.5 Å². The van der Waals surface area contributed by atoms with Gasteiger partial charge in [-0.1, -0.05) is 76.1 Å². The number of alkyl halides is 2. The predicted octanol–water partition coefficient (Wildman–Crippen LogP) is 6.20. The number of anilines is 1. The Labute approximate surface area is 202 Å². The van der Waals surface area contributed by atoms with Crippen LogP contribution in [0.2, 0.25) is 5.02 Å². The summed E-state index contributed by atoms with van der Waals surface area (Å²) in [7, 11) is 0. The molecule has 4 aliphatic rings. The Morgan fingerprint density at radius 1 is 0.742 bits per heavy atom. The van der Waals surface area contributed by atoms with Crippen LogP contribution in [0, 0.1) is 11.8 Å². The van der Waals surface area contributed by atoms with Crippen molar-refractivity contribution in [3.8, 4) is 0 Å². The van der Waals surface area contributed by atoms with Crippen molar-refractivity contribution in [1.82, 2.24) is 0 Å². The lowest BCUT2D eigenvalue weighted by molar-refractivity contribution is -0.122. The average molecular weight is 534 g/mol. The molecule has 0 N–H and O–H groups in total. The molecular formula is C24H13BrCl3NO2. The van der Waals surface area contributed by atoms with Crippen LogP contribution in [0.15, 0.2) is 71.2 Å². The molecule has 0 spiro atoms. The normalized spacial score (nSPS) is 30.3. The van der Waals surface area contributed by atoms with Crippen molar-refractivity contribution < 1.29 is 9.59 Å². The van der Waals surface area contributed by atoms with Crippen LogP contribution in [-0.2, 0) is 19.3 Å². The van der Waals surface area contributed by atoms with E-state index in [0.717, 1.165) is 31.6 Å². The van der Waals surface area contributed by atoms with Crippen LogP contribution in [0.25, 0.3) is 0 Å². The van der Waals surface area contributed by atoms with Crippen LogP contribution in [0.3, 0.4) is 0 Å². The van der Waals surface area contributed by atoms with E-state index in [0.29, 0.717) is 10.7 Å². The van der Waals surface area contributed by atoms with E-state index >= 15 is 0 Å². The monoisotopic (exact) mass is 531 g/mol. The molecule has 0 aromatic heterocycles. The number of amides is 2. The van der Waals surface area contributed by atoms with Crippen molar-refractivity contribution in [3.05, 3.63) is 98.5 Å². The summed E-state index contributed by atoms with van der Waals surface area (Å²) in [5, 5.41) is 0.296. The van der Waals surface area contributed by atoms with Crippen LogP contribution in [0.4, 0.5) is 5.69 Å². The highest BCUT2D eigenvalue weighted by atomic mass is 79.9. The molecule has 1 saturated heterocycles. The van der Waals surface area contributed by atoms with Crippen molar-refractivity contribution in [2.24, 2.45) is 11.8 Å². The van der Waals surface area contributed by atoms with E-state index in [1.54, 1.807) is 18.2 Å². The molecule has 2 bridgehead atoms. The quantitative estimate of drug-likeness (QED) is 0.276. The topological polar surface area (TPSA) is 37.4 Å². The number of rotatable bonds is 1. The Kier molecular flexibility index (Phi) is 4.06. The maximum absolute atomic E-state index is 13.8. The predicted molar refractivity (Wildman–Crippen MR) is 125 cm³/mol.